The number of nitrogens with zero attached hydrogens (tertiary/aromatic N) is 3. The lowest BCUT2D eigenvalue weighted by atomic mass is 9.96. The summed E-state index contributed by atoms with van der Waals surface area (Å²) in [5.74, 6) is 1.87. The van der Waals surface area contributed by atoms with Crippen LogP contribution in [0.4, 0.5) is 0 Å². The smallest absolute Gasteiger partial charge is 0.164 e. The van der Waals surface area contributed by atoms with Gasteiger partial charge in [0.1, 0.15) is 11.2 Å². The first-order valence-corrected chi connectivity index (χ1v) is 19.2. The van der Waals surface area contributed by atoms with Crippen LogP contribution in [0.2, 0.25) is 0 Å². The SMILES string of the molecule is c1ccc(-c2ccc(-c3nc(-c4ccc(-c5ccc6oc7ccc8ccc9ccccc9c8c7c6c5)cc4)nc(-c4cccc(-c5ccccc5)c4)n3)cc2)cc1. The lowest BCUT2D eigenvalue weighted by molar-refractivity contribution is 0.669. The van der Waals surface area contributed by atoms with Gasteiger partial charge in [0.2, 0.25) is 0 Å². The molecule has 0 radical (unpaired) electrons. The first-order chi connectivity index (χ1) is 28.2. The minimum Gasteiger partial charge on any atom is -0.456 e. The summed E-state index contributed by atoms with van der Waals surface area (Å²) in [4.78, 5) is 15.2. The van der Waals surface area contributed by atoms with Crippen LogP contribution in [-0.2, 0) is 0 Å². The summed E-state index contributed by atoms with van der Waals surface area (Å²) in [5, 5.41) is 7.13. The molecule has 0 saturated carbocycles. The third-order valence-electron chi connectivity index (χ3n) is 10.9. The Bertz CT molecular complexity index is 3260. The Kier molecular flexibility index (Phi) is 7.78. The van der Waals surface area contributed by atoms with Gasteiger partial charge in [0.15, 0.2) is 17.5 Å². The zero-order chi connectivity index (χ0) is 37.7. The highest BCUT2D eigenvalue weighted by Crippen LogP contribution is 2.40. The molecule has 0 unspecified atom stereocenters. The molecule has 57 heavy (non-hydrogen) atoms. The summed E-state index contributed by atoms with van der Waals surface area (Å²) >= 11 is 0. The van der Waals surface area contributed by atoms with Crippen LogP contribution in [0.1, 0.15) is 0 Å². The van der Waals surface area contributed by atoms with Gasteiger partial charge in [-0.05, 0) is 73.8 Å². The molecule has 0 N–H and O–H groups in total. The molecule has 0 atom stereocenters. The molecule has 266 valence electrons. The third kappa shape index (κ3) is 5.92. The average molecular weight is 728 g/mol. The first-order valence-electron chi connectivity index (χ1n) is 19.2. The van der Waals surface area contributed by atoms with E-state index in [1.54, 1.807) is 0 Å². The highest BCUT2D eigenvalue weighted by molar-refractivity contribution is 6.26. The minimum atomic E-state index is 0.619. The molecule has 11 aromatic rings. The zero-order valence-electron chi connectivity index (χ0n) is 30.8. The normalized spacial score (nSPS) is 11.5. The van der Waals surface area contributed by atoms with Crippen LogP contribution in [0.25, 0.3) is 111 Å². The molecule has 0 aliphatic carbocycles. The van der Waals surface area contributed by atoms with Gasteiger partial charge >= 0.3 is 0 Å². The van der Waals surface area contributed by atoms with Crippen molar-refractivity contribution in [2.75, 3.05) is 0 Å². The van der Waals surface area contributed by atoms with Crippen molar-refractivity contribution in [2.45, 2.75) is 0 Å². The van der Waals surface area contributed by atoms with Crippen LogP contribution in [0, 0.1) is 0 Å². The zero-order valence-corrected chi connectivity index (χ0v) is 30.8. The molecule has 0 spiro atoms. The standard InChI is InChI=1S/C53H33N3O/c1-3-10-34(11-4-1)36-18-24-40(25-19-36)51-54-52(56-53(55-51)44-16-9-15-42(32-44)35-12-5-2-6-13-35)41-26-20-37(21-27-41)43-29-30-47-46(33-43)50-48(57-47)31-28-39-23-22-38-14-7-8-17-45(38)49(39)50/h1-33H. The summed E-state index contributed by atoms with van der Waals surface area (Å²) < 4.78 is 6.41. The van der Waals surface area contributed by atoms with Crippen molar-refractivity contribution >= 4 is 43.5 Å². The van der Waals surface area contributed by atoms with E-state index < -0.39 is 0 Å². The summed E-state index contributed by atoms with van der Waals surface area (Å²) in [7, 11) is 0. The molecule has 2 heterocycles. The quantitative estimate of drug-likeness (QED) is 0.160. The Morgan fingerprint density at radius 1 is 0.263 bits per heavy atom. The van der Waals surface area contributed by atoms with Gasteiger partial charge in [-0.25, -0.2) is 15.0 Å². The monoisotopic (exact) mass is 727 g/mol. The number of aromatic nitrogens is 3. The van der Waals surface area contributed by atoms with Gasteiger partial charge in [-0.15, -0.1) is 0 Å². The van der Waals surface area contributed by atoms with E-state index in [-0.39, 0.29) is 0 Å². The lowest BCUT2D eigenvalue weighted by Crippen LogP contribution is -2.00. The van der Waals surface area contributed by atoms with Crippen molar-refractivity contribution in [2.24, 2.45) is 0 Å². The second-order valence-electron chi connectivity index (χ2n) is 14.4. The van der Waals surface area contributed by atoms with Gasteiger partial charge in [-0.1, -0.05) is 176 Å². The molecule has 0 aliphatic rings. The second-order valence-corrected chi connectivity index (χ2v) is 14.4. The summed E-state index contributed by atoms with van der Waals surface area (Å²) in [6.07, 6.45) is 0. The van der Waals surface area contributed by atoms with E-state index in [1.165, 1.54) is 27.1 Å². The topological polar surface area (TPSA) is 51.8 Å². The van der Waals surface area contributed by atoms with Gasteiger partial charge in [0, 0.05) is 32.8 Å². The Labute approximate surface area is 329 Å². The molecule has 0 saturated heterocycles. The van der Waals surface area contributed by atoms with Crippen LogP contribution >= 0.6 is 0 Å². The Morgan fingerprint density at radius 2 is 0.719 bits per heavy atom. The van der Waals surface area contributed by atoms with Crippen LogP contribution in [0.3, 0.4) is 0 Å². The molecule has 4 heteroatoms. The summed E-state index contributed by atoms with van der Waals surface area (Å²) in [6, 6.07) is 69.9. The van der Waals surface area contributed by atoms with E-state index in [4.69, 9.17) is 19.4 Å². The predicted octanol–water partition coefficient (Wildman–Crippen LogP) is 14.1. The molecule has 0 amide bonds. The van der Waals surface area contributed by atoms with Gasteiger partial charge in [-0.3, -0.25) is 0 Å². The van der Waals surface area contributed by atoms with Crippen molar-refractivity contribution in [3.8, 4) is 67.5 Å². The molecule has 0 aliphatic heterocycles. The van der Waals surface area contributed by atoms with Gasteiger partial charge < -0.3 is 4.42 Å². The Hall–Kier alpha value is -7.69. The second kappa shape index (κ2) is 13.6. The highest BCUT2D eigenvalue weighted by atomic mass is 16.3. The van der Waals surface area contributed by atoms with Gasteiger partial charge in [0.05, 0.1) is 0 Å². The maximum absolute atomic E-state index is 6.41. The first kappa shape index (κ1) is 32.7. The summed E-state index contributed by atoms with van der Waals surface area (Å²) in [5.41, 5.74) is 11.3. The molecular weight excluding hydrogens is 695 g/mol. The summed E-state index contributed by atoms with van der Waals surface area (Å²) in [6.45, 7) is 0. The fourth-order valence-electron chi connectivity index (χ4n) is 8.03. The van der Waals surface area contributed by atoms with Crippen molar-refractivity contribution in [3.05, 3.63) is 200 Å². The number of rotatable bonds is 6. The van der Waals surface area contributed by atoms with Crippen LogP contribution < -0.4 is 0 Å². The van der Waals surface area contributed by atoms with E-state index in [1.807, 2.05) is 12.1 Å². The fraction of sp³-hybridized carbons (Fsp3) is 0. The number of fused-ring (bicyclic) bond motifs is 7. The van der Waals surface area contributed by atoms with Gasteiger partial charge in [0.25, 0.3) is 0 Å². The van der Waals surface area contributed by atoms with Crippen LogP contribution in [-0.4, -0.2) is 15.0 Å². The van der Waals surface area contributed by atoms with E-state index in [9.17, 15) is 0 Å². The predicted molar refractivity (Wildman–Crippen MR) is 235 cm³/mol. The van der Waals surface area contributed by atoms with E-state index >= 15 is 0 Å². The number of furan rings is 1. The van der Waals surface area contributed by atoms with E-state index in [0.717, 1.165) is 66.4 Å². The minimum absolute atomic E-state index is 0.619. The van der Waals surface area contributed by atoms with Gasteiger partial charge in [-0.2, -0.15) is 0 Å². The Balaban J connectivity index is 1.00. The molecule has 0 bridgehead atoms. The lowest BCUT2D eigenvalue weighted by Gasteiger charge is -2.11. The number of benzene rings is 9. The number of hydrogen-bond donors (Lipinski definition) is 0. The van der Waals surface area contributed by atoms with Crippen molar-refractivity contribution in [1.82, 2.24) is 15.0 Å². The highest BCUT2D eigenvalue weighted by Gasteiger charge is 2.16. The molecule has 9 aromatic carbocycles. The van der Waals surface area contributed by atoms with E-state index in [2.05, 4.69) is 188 Å². The average Bonchev–Trinajstić information content (AvgIpc) is 3.68. The third-order valence-corrected chi connectivity index (χ3v) is 10.9. The van der Waals surface area contributed by atoms with Crippen LogP contribution in [0.15, 0.2) is 205 Å². The largest absolute Gasteiger partial charge is 0.456 e. The van der Waals surface area contributed by atoms with E-state index in [0.29, 0.717) is 17.5 Å². The van der Waals surface area contributed by atoms with Crippen LogP contribution in [0.5, 0.6) is 0 Å². The number of hydrogen-bond acceptors (Lipinski definition) is 4. The molecule has 11 rings (SSSR count). The maximum Gasteiger partial charge on any atom is 0.164 e. The maximum atomic E-state index is 6.41. The molecule has 4 nitrogen and oxygen atoms in total. The van der Waals surface area contributed by atoms with Crippen molar-refractivity contribution in [3.63, 3.8) is 0 Å². The molecule has 0 fully saturated rings. The molecular formula is C53H33N3O. The van der Waals surface area contributed by atoms with Crippen molar-refractivity contribution in [1.29, 1.82) is 0 Å². The fourth-order valence-corrected chi connectivity index (χ4v) is 8.03. The molecule has 2 aromatic heterocycles. The Morgan fingerprint density at radius 3 is 1.42 bits per heavy atom. The van der Waals surface area contributed by atoms with Crippen molar-refractivity contribution < 1.29 is 4.42 Å².